The molecular formula is C14H18N2O3. The Kier molecular flexibility index (Phi) is 2.93. The monoisotopic (exact) mass is 262 g/mol. The summed E-state index contributed by atoms with van der Waals surface area (Å²) < 4.78 is 0. The fourth-order valence-corrected chi connectivity index (χ4v) is 3.48. The van der Waals surface area contributed by atoms with Crippen molar-refractivity contribution in [2.45, 2.75) is 25.9 Å². The molecule has 1 aromatic rings. The zero-order valence-corrected chi connectivity index (χ0v) is 11.0. The predicted octanol–water partition coefficient (Wildman–Crippen LogP) is 2.11. The van der Waals surface area contributed by atoms with Crippen molar-refractivity contribution in [3.05, 3.63) is 33.9 Å². The number of benzene rings is 1. The Morgan fingerprint density at radius 3 is 2.79 bits per heavy atom. The Balaban J connectivity index is 1.86. The van der Waals surface area contributed by atoms with Gasteiger partial charge in [-0.05, 0) is 37.3 Å². The molecule has 0 radical (unpaired) electrons. The largest absolute Gasteiger partial charge is 0.393 e. The number of hydrogen-bond donors (Lipinski definition) is 1. The van der Waals surface area contributed by atoms with E-state index >= 15 is 0 Å². The van der Waals surface area contributed by atoms with Gasteiger partial charge in [-0.1, -0.05) is 0 Å². The minimum absolute atomic E-state index is 0.146. The van der Waals surface area contributed by atoms with Gasteiger partial charge in [-0.2, -0.15) is 0 Å². The number of aliphatic hydroxyl groups is 1. The van der Waals surface area contributed by atoms with Gasteiger partial charge in [0.15, 0.2) is 0 Å². The molecule has 1 saturated carbocycles. The van der Waals surface area contributed by atoms with E-state index < -0.39 is 0 Å². The van der Waals surface area contributed by atoms with Gasteiger partial charge in [-0.25, -0.2) is 0 Å². The van der Waals surface area contributed by atoms with Crippen LogP contribution in [0.2, 0.25) is 0 Å². The van der Waals surface area contributed by atoms with Gasteiger partial charge in [0.05, 0.1) is 11.0 Å². The number of anilines is 1. The third kappa shape index (κ3) is 2.18. The summed E-state index contributed by atoms with van der Waals surface area (Å²) in [6, 6.07) is 5.22. The fraction of sp³-hybridized carbons (Fsp3) is 0.571. The Morgan fingerprint density at radius 2 is 2.11 bits per heavy atom. The van der Waals surface area contributed by atoms with Crippen molar-refractivity contribution in [3.8, 4) is 0 Å². The topological polar surface area (TPSA) is 66.6 Å². The zero-order valence-electron chi connectivity index (χ0n) is 11.0. The van der Waals surface area contributed by atoms with E-state index in [0.29, 0.717) is 11.8 Å². The highest BCUT2D eigenvalue weighted by Crippen LogP contribution is 2.40. The quantitative estimate of drug-likeness (QED) is 0.654. The number of nitro benzene ring substituents is 1. The van der Waals surface area contributed by atoms with Gasteiger partial charge < -0.3 is 10.0 Å². The lowest BCUT2D eigenvalue weighted by atomic mass is 10.00. The van der Waals surface area contributed by atoms with Crippen molar-refractivity contribution >= 4 is 11.4 Å². The maximum Gasteiger partial charge on any atom is 0.271 e. The molecule has 2 fully saturated rings. The summed E-state index contributed by atoms with van der Waals surface area (Å²) in [5, 5.41) is 20.8. The zero-order chi connectivity index (χ0) is 13.6. The van der Waals surface area contributed by atoms with Crippen LogP contribution in [0, 0.1) is 28.9 Å². The van der Waals surface area contributed by atoms with Gasteiger partial charge >= 0.3 is 0 Å². The molecule has 102 valence electrons. The van der Waals surface area contributed by atoms with Gasteiger partial charge in [0.2, 0.25) is 0 Å². The van der Waals surface area contributed by atoms with Crippen molar-refractivity contribution in [1.29, 1.82) is 0 Å². The molecule has 1 aromatic carbocycles. The molecule has 1 heterocycles. The minimum Gasteiger partial charge on any atom is -0.393 e. The van der Waals surface area contributed by atoms with Crippen LogP contribution in [0.3, 0.4) is 0 Å². The third-order valence-corrected chi connectivity index (χ3v) is 4.44. The molecule has 0 spiro atoms. The van der Waals surface area contributed by atoms with Crippen molar-refractivity contribution in [2.24, 2.45) is 11.8 Å². The van der Waals surface area contributed by atoms with Crippen LogP contribution in [-0.4, -0.2) is 29.2 Å². The van der Waals surface area contributed by atoms with E-state index in [1.165, 1.54) is 0 Å². The smallest absolute Gasteiger partial charge is 0.271 e. The lowest BCUT2D eigenvalue weighted by Crippen LogP contribution is -2.24. The second-order valence-electron chi connectivity index (χ2n) is 5.76. The number of nitrogens with zero attached hydrogens (tertiary/aromatic N) is 2. The molecule has 19 heavy (non-hydrogen) atoms. The number of hydrogen-bond acceptors (Lipinski definition) is 4. The van der Waals surface area contributed by atoms with Gasteiger partial charge in [0, 0.05) is 36.8 Å². The molecule has 1 aliphatic carbocycles. The molecule has 0 aromatic heterocycles. The normalized spacial score (nSPS) is 29.6. The van der Waals surface area contributed by atoms with Crippen molar-refractivity contribution in [1.82, 2.24) is 0 Å². The maximum absolute atomic E-state index is 10.9. The molecule has 1 aliphatic heterocycles. The highest BCUT2D eigenvalue weighted by Gasteiger charge is 2.42. The van der Waals surface area contributed by atoms with Crippen LogP contribution in [-0.2, 0) is 0 Å². The lowest BCUT2D eigenvalue weighted by Gasteiger charge is -2.20. The van der Waals surface area contributed by atoms with Gasteiger partial charge in [-0.3, -0.25) is 10.1 Å². The van der Waals surface area contributed by atoms with Crippen LogP contribution in [0.1, 0.15) is 18.4 Å². The SMILES string of the molecule is Cc1cc(N2CC3CCC(O)C3C2)cc([N+](=O)[O-])c1. The molecule has 0 amide bonds. The van der Waals surface area contributed by atoms with Crippen LogP contribution >= 0.6 is 0 Å². The second kappa shape index (κ2) is 4.49. The van der Waals surface area contributed by atoms with E-state index in [-0.39, 0.29) is 16.7 Å². The highest BCUT2D eigenvalue weighted by atomic mass is 16.6. The molecule has 1 N–H and O–H groups in total. The van der Waals surface area contributed by atoms with Crippen molar-refractivity contribution < 1.29 is 10.0 Å². The summed E-state index contributed by atoms with van der Waals surface area (Å²) in [5.74, 6) is 0.870. The van der Waals surface area contributed by atoms with Crippen LogP contribution in [0.15, 0.2) is 18.2 Å². The molecule has 0 bridgehead atoms. The van der Waals surface area contributed by atoms with E-state index in [2.05, 4.69) is 4.90 Å². The maximum atomic E-state index is 10.9. The van der Waals surface area contributed by atoms with Crippen molar-refractivity contribution in [2.75, 3.05) is 18.0 Å². The average molecular weight is 262 g/mol. The Morgan fingerprint density at radius 1 is 1.32 bits per heavy atom. The van der Waals surface area contributed by atoms with E-state index in [0.717, 1.165) is 37.2 Å². The first-order valence-corrected chi connectivity index (χ1v) is 6.73. The molecule has 3 rings (SSSR count). The Bertz CT molecular complexity index is 517. The van der Waals surface area contributed by atoms with Crippen LogP contribution < -0.4 is 4.90 Å². The molecule has 1 saturated heterocycles. The summed E-state index contributed by atoms with van der Waals surface area (Å²) in [6.07, 6.45) is 1.77. The van der Waals surface area contributed by atoms with E-state index in [4.69, 9.17) is 0 Å². The van der Waals surface area contributed by atoms with Crippen molar-refractivity contribution in [3.63, 3.8) is 0 Å². The van der Waals surface area contributed by atoms with Crippen LogP contribution in [0.25, 0.3) is 0 Å². The average Bonchev–Trinajstić information content (AvgIpc) is 2.91. The lowest BCUT2D eigenvalue weighted by molar-refractivity contribution is -0.384. The predicted molar refractivity (Wildman–Crippen MR) is 72.3 cm³/mol. The number of aryl methyl sites for hydroxylation is 1. The number of fused-ring (bicyclic) bond motifs is 1. The van der Waals surface area contributed by atoms with E-state index in [9.17, 15) is 15.2 Å². The minimum atomic E-state index is -0.345. The molecule has 5 heteroatoms. The second-order valence-corrected chi connectivity index (χ2v) is 5.76. The van der Waals surface area contributed by atoms with Gasteiger partial charge in [0.1, 0.15) is 0 Å². The first-order valence-electron chi connectivity index (χ1n) is 6.73. The van der Waals surface area contributed by atoms with Crippen LogP contribution in [0.5, 0.6) is 0 Å². The summed E-state index contributed by atoms with van der Waals surface area (Å²) in [7, 11) is 0. The summed E-state index contributed by atoms with van der Waals surface area (Å²) in [6.45, 7) is 3.59. The number of rotatable bonds is 2. The summed E-state index contributed by atoms with van der Waals surface area (Å²) in [5.41, 5.74) is 1.96. The summed E-state index contributed by atoms with van der Waals surface area (Å²) in [4.78, 5) is 12.7. The number of aliphatic hydroxyl groups excluding tert-OH is 1. The molecule has 3 atom stereocenters. The molecule has 5 nitrogen and oxygen atoms in total. The van der Waals surface area contributed by atoms with E-state index in [1.807, 2.05) is 13.0 Å². The third-order valence-electron chi connectivity index (χ3n) is 4.44. The standard InChI is InChI=1S/C14H18N2O3/c1-9-4-11(6-12(5-9)16(18)19)15-7-10-2-3-14(17)13(10)8-15/h4-6,10,13-14,17H,2-3,7-8H2,1H3. The Labute approximate surface area is 112 Å². The Hall–Kier alpha value is -1.62. The van der Waals surface area contributed by atoms with Gasteiger partial charge in [0.25, 0.3) is 5.69 Å². The first kappa shape index (κ1) is 12.4. The van der Waals surface area contributed by atoms with Crippen LogP contribution in [0.4, 0.5) is 11.4 Å². The number of non-ortho nitro benzene ring substituents is 1. The first-order chi connectivity index (χ1) is 9.04. The van der Waals surface area contributed by atoms with Gasteiger partial charge in [-0.15, -0.1) is 0 Å². The molecule has 2 aliphatic rings. The highest BCUT2D eigenvalue weighted by molar-refractivity contribution is 5.56. The van der Waals surface area contributed by atoms with E-state index in [1.54, 1.807) is 12.1 Å². The molecular weight excluding hydrogens is 244 g/mol. The summed E-state index contributed by atoms with van der Waals surface area (Å²) >= 11 is 0. The molecule has 3 unspecified atom stereocenters. The number of nitro groups is 1. The fourth-order valence-electron chi connectivity index (χ4n) is 3.48.